The Labute approximate surface area is 111 Å². The Morgan fingerprint density at radius 3 is 2.95 bits per heavy atom. The van der Waals surface area contributed by atoms with Crippen molar-refractivity contribution in [2.45, 2.75) is 25.2 Å². The van der Waals surface area contributed by atoms with Crippen LogP contribution in [0.5, 0.6) is 0 Å². The van der Waals surface area contributed by atoms with Gasteiger partial charge in [0.1, 0.15) is 12.3 Å². The molecule has 1 saturated carbocycles. The molecule has 19 heavy (non-hydrogen) atoms. The Morgan fingerprint density at radius 1 is 1.42 bits per heavy atom. The van der Waals surface area contributed by atoms with E-state index in [1.165, 1.54) is 0 Å². The molecule has 0 radical (unpaired) electrons. The van der Waals surface area contributed by atoms with Gasteiger partial charge in [-0.1, -0.05) is 5.16 Å². The van der Waals surface area contributed by atoms with Crippen LogP contribution in [0.15, 0.2) is 10.6 Å². The van der Waals surface area contributed by atoms with Gasteiger partial charge in [0.25, 0.3) is 5.91 Å². The molecular formula is C13H17N3O3. The van der Waals surface area contributed by atoms with Crippen molar-refractivity contribution in [3.8, 4) is 0 Å². The maximum absolute atomic E-state index is 12.3. The molecule has 0 atom stereocenters. The highest BCUT2D eigenvalue weighted by Gasteiger charge is 2.31. The smallest absolute Gasteiger partial charge is 0.276 e. The van der Waals surface area contributed by atoms with E-state index in [-0.39, 0.29) is 18.4 Å². The van der Waals surface area contributed by atoms with Gasteiger partial charge >= 0.3 is 0 Å². The third-order valence-electron chi connectivity index (χ3n) is 3.69. The summed E-state index contributed by atoms with van der Waals surface area (Å²) in [6.07, 6.45) is 3.01. The number of hydrogen-bond donors (Lipinski definition) is 0. The molecule has 0 bridgehead atoms. The average Bonchev–Trinajstić information content (AvgIpc) is 3.16. The van der Waals surface area contributed by atoms with Crippen molar-refractivity contribution in [2.24, 2.45) is 0 Å². The highest BCUT2D eigenvalue weighted by atomic mass is 16.5. The first-order valence-electron chi connectivity index (χ1n) is 6.65. The lowest BCUT2D eigenvalue weighted by Gasteiger charge is -2.18. The van der Waals surface area contributed by atoms with E-state index in [1.54, 1.807) is 22.9 Å². The molecule has 2 aliphatic rings. The van der Waals surface area contributed by atoms with Crippen LogP contribution in [0.3, 0.4) is 0 Å². The molecule has 0 spiro atoms. The summed E-state index contributed by atoms with van der Waals surface area (Å²) in [6, 6.07) is 1.72. The first-order chi connectivity index (χ1) is 9.15. The molecule has 0 unspecified atom stereocenters. The SMILES string of the molecule is CN1CCCN(C(=O)c2cc(C3CC3)on2)CC1=O. The van der Waals surface area contributed by atoms with Gasteiger partial charge in [-0.3, -0.25) is 9.59 Å². The van der Waals surface area contributed by atoms with Gasteiger partial charge in [0.05, 0.1) is 0 Å². The second-order valence-corrected chi connectivity index (χ2v) is 5.28. The first kappa shape index (κ1) is 12.2. The summed E-state index contributed by atoms with van der Waals surface area (Å²) in [5.41, 5.74) is 0.319. The lowest BCUT2D eigenvalue weighted by molar-refractivity contribution is -0.129. The largest absolute Gasteiger partial charge is 0.360 e. The highest BCUT2D eigenvalue weighted by Crippen LogP contribution is 2.40. The summed E-state index contributed by atoms with van der Waals surface area (Å²) in [5.74, 6) is 0.989. The predicted molar refractivity (Wildman–Crippen MR) is 66.6 cm³/mol. The van der Waals surface area contributed by atoms with Crippen molar-refractivity contribution in [2.75, 3.05) is 26.7 Å². The van der Waals surface area contributed by atoms with Crippen LogP contribution in [-0.2, 0) is 4.79 Å². The van der Waals surface area contributed by atoms with Crippen molar-refractivity contribution in [1.82, 2.24) is 15.0 Å². The topological polar surface area (TPSA) is 66.7 Å². The minimum atomic E-state index is -0.209. The lowest BCUT2D eigenvalue weighted by Crippen LogP contribution is -2.38. The van der Waals surface area contributed by atoms with E-state index in [4.69, 9.17) is 4.52 Å². The van der Waals surface area contributed by atoms with E-state index in [2.05, 4.69) is 5.16 Å². The van der Waals surface area contributed by atoms with Crippen LogP contribution < -0.4 is 0 Å². The third kappa shape index (κ3) is 2.47. The molecular weight excluding hydrogens is 246 g/mol. The van der Waals surface area contributed by atoms with E-state index in [0.717, 1.165) is 25.0 Å². The third-order valence-corrected chi connectivity index (χ3v) is 3.69. The quantitative estimate of drug-likeness (QED) is 0.793. The highest BCUT2D eigenvalue weighted by molar-refractivity contribution is 5.95. The Kier molecular flexibility index (Phi) is 3.00. The summed E-state index contributed by atoms with van der Waals surface area (Å²) in [7, 11) is 1.76. The summed E-state index contributed by atoms with van der Waals surface area (Å²) in [4.78, 5) is 27.3. The number of carbonyl (C=O) groups is 2. The minimum Gasteiger partial charge on any atom is -0.360 e. The van der Waals surface area contributed by atoms with Gasteiger partial charge < -0.3 is 14.3 Å². The van der Waals surface area contributed by atoms with Gasteiger partial charge in [-0.15, -0.1) is 0 Å². The van der Waals surface area contributed by atoms with Crippen LogP contribution >= 0.6 is 0 Å². The van der Waals surface area contributed by atoms with Gasteiger partial charge in [-0.2, -0.15) is 0 Å². The van der Waals surface area contributed by atoms with Gasteiger partial charge in [-0.25, -0.2) is 0 Å². The molecule has 0 N–H and O–H groups in total. The van der Waals surface area contributed by atoms with Crippen LogP contribution in [0.4, 0.5) is 0 Å². The Morgan fingerprint density at radius 2 is 2.21 bits per heavy atom. The fourth-order valence-electron chi connectivity index (χ4n) is 2.27. The maximum atomic E-state index is 12.3. The number of nitrogens with zero attached hydrogens (tertiary/aromatic N) is 3. The molecule has 1 aromatic rings. The summed E-state index contributed by atoms with van der Waals surface area (Å²) < 4.78 is 5.19. The molecule has 102 valence electrons. The number of aromatic nitrogens is 1. The fraction of sp³-hybridized carbons (Fsp3) is 0.615. The number of amides is 2. The Hall–Kier alpha value is -1.85. The minimum absolute atomic E-state index is 0.0308. The average molecular weight is 263 g/mol. The molecule has 3 rings (SSSR count). The van der Waals surface area contributed by atoms with Crippen molar-refractivity contribution in [3.05, 3.63) is 17.5 Å². The molecule has 2 amide bonds. The summed E-state index contributed by atoms with van der Waals surface area (Å²) in [6.45, 7) is 1.40. The van der Waals surface area contributed by atoms with Gasteiger partial charge in [0, 0.05) is 32.1 Å². The van der Waals surface area contributed by atoms with Crippen molar-refractivity contribution >= 4 is 11.8 Å². The van der Waals surface area contributed by atoms with Gasteiger partial charge in [0.2, 0.25) is 5.91 Å². The van der Waals surface area contributed by atoms with E-state index in [1.807, 2.05) is 0 Å². The van der Waals surface area contributed by atoms with Crippen molar-refractivity contribution in [1.29, 1.82) is 0 Å². The molecule has 1 saturated heterocycles. The molecule has 1 aromatic heterocycles. The molecule has 6 nitrogen and oxygen atoms in total. The Bertz CT molecular complexity index is 507. The monoisotopic (exact) mass is 263 g/mol. The number of hydrogen-bond acceptors (Lipinski definition) is 4. The molecule has 1 aliphatic heterocycles. The van der Waals surface area contributed by atoms with Crippen molar-refractivity contribution < 1.29 is 14.1 Å². The van der Waals surface area contributed by atoms with Crippen LogP contribution in [0.1, 0.15) is 41.4 Å². The lowest BCUT2D eigenvalue weighted by atomic mass is 10.2. The zero-order chi connectivity index (χ0) is 13.4. The summed E-state index contributed by atoms with van der Waals surface area (Å²) in [5, 5.41) is 3.84. The molecule has 6 heteroatoms. The first-order valence-corrected chi connectivity index (χ1v) is 6.65. The molecule has 2 fully saturated rings. The zero-order valence-corrected chi connectivity index (χ0v) is 11.0. The second kappa shape index (κ2) is 4.68. The van der Waals surface area contributed by atoms with Crippen LogP contribution in [0.25, 0.3) is 0 Å². The zero-order valence-electron chi connectivity index (χ0n) is 11.0. The molecule has 2 heterocycles. The van der Waals surface area contributed by atoms with Crippen molar-refractivity contribution in [3.63, 3.8) is 0 Å². The Balaban J connectivity index is 1.72. The molecule has 1 aliphatic carbocycles. The van der Waals surface area contributed by atoms with Gasteiger partial charge in [0.15, 0.2) is 5.69 Å². The van der Waals surface area contributed by atoms with Crippen LogP contribution in [0, 0.1) is 0 Å². The predicted octanol–water partition coefficient (Wildman–Crippen LogP) is 0.856. The number of likely N-dealkylation sites (N-methyl/N-ethyl adjacent to an activating group) is 1. The van der Waals surface area contributed by atoms with E-state index < -0.39 is 0 Å². The molecule has 0 aromatic carbocycles. The van der Waals surface area contributed by atoms with Crippen LogP contribution in [0.2, 0.25) is 0 Å². The summed E-state index contributed by atoms with van der Waals surface area (Å²) >= 11 is 0. The normalized spacial score (nSPS) is 20.6. The van der Waals surface area contributed by atoms with Gasteiger partial charge in [-0.05, 0) is 19.3 Å². The standard InChI is InChI=1S/C13H17N3O3/c1-15-5-2-6-16(8-12(15)17)13(18)10-7-11(19-14-10)9-3-4-9/h7,9H,2-6,8H2,1H3. The number of rotatable bonds is 2. The van der Waals surface area contributed by atoms with E-state index in [0.29, 0.717) is 24.7 Å². The van der Waals surface area contributed by atoms with E-state index in [9.17, 15) is 9.59 Å². The second-order valence-electron chi connectivity index (χ2n) is 5.28. The maximum Gasteiger partial charge on any atom is 0.276 e. The fourth-order valence-corrected chi connectivity index (χ4v) is 2.27. The number of carbonyl (C=O) groups excluding carboxylic acids is 2. The van der Waals surface area contributed by atoms with E-state index >= 15 is 0 Å². The van der Waals surface area contributed by atoms with Crippen LogP contribution in [-0.4, -0.2) is 53.5 Å².